The molecule has 0 bridgehead atoms. The maximum absolute atomic E-state index is 8.93. The van der Waals surface area contributed by atoms with E-state index < -0.39 is 0 Å². The minimum Gasteiger partial charge on any atom is -0.321 e. The molecule has 0 aromatic carbocycles. The number of nitrogens with zero attached hydrogens (tertiary/aromatic N) is 2. The Labute approximate surface area is 88.8 Å². The van der Waals surface area contributed by atoms with Crippen LogP contribution in [0, 0.1) is 17.2 Å². The summed E-state index contributed by atoms with van der Waals surface area (Å²) < 4.78 is 2.25. The number of nitriles is 1. The summed E-state index contributed by atoms with van der Waals surface area (Å²) in [6, 6.07) is 10.8. The van der Waals surface area contributed by atoms with Crippen LogP contribution in [0.1, 0.15) is 17.7 Å². The predicted molar refractivity (Wildman–Crippen MR) is 58.5 cm³/mol. The molecule has 0 aliphatic heterocycles. The van der Waals surface area contributed by atoms with Crippen LogP contribution in [-0.4, -0.2) is 4.40 Å². The minimum absolute atomic E-state index is 0.218. The number of pyridine rings is 1. The maximum atomic E-state index is 8.93. The summed E-state index contributed by atoms with van der Waals surface area (Å²) >= 11 is 0. The lowest BCUT2D eigenvalue weighted by molar-refractivity contribution is 0.556. The van der Waals surface area contributed by atoms with Gasteiger partial charge in [0.1, 0.15) is 0 Å². The summed E-state index contributed by atoms with van der Waals surface area (Å²) in [6.45, 7) is 0. The molecule has 0 saturated carbocycles. The van der Waals surface area contributed by atoms with E-state index in [0.717, 1.165) is 19.3 Å². The van der Waals surface area contributed by atoms with E-state index in [1.165, 1.54) is 16.8 Å². The summed E-state index contributed by atoms with van der Waals surface area (Å²) in [6.07, 6.45) is 5.07. The third kappa shape index (κ3) is 1.24. The summed E-state index contributed by atoms with van der Waals surface area (Å²) in [5, 5.41) is 8.93. The fraction of sp³-hybridized carbons (Fsp3) is 0.308. The number of rotatable bonds is 0. The van der Waals surface area contributed by atoms with Crippen molar-refractivity contribution in [3.05, 3.63) is 41.7 Å². The molecule has 15 heavy (non-hydrogen) atoms. The molecular formula is C13H12N2. The van der Waals surface area contributed by atoms with Crippen molar-refractivity contribution in [1.82, 2.24) is 4.40 Å². The smallest absolute Gasteiger partial charge is 0.0659 e. The molecule has 0 spiro atoms. The van der Waals surface area contributed by atoms with Gasteiger partial charge in [0.05, 0.1) is 12.0 Å². The Morgan fingerprint density at radius 1 is 1.40 bits per heavy atom. The Bertz CT molecular complexity index is 545. The van der Waals surface area contributed by atoms with Gasteiger partial charge < -0.3 is 4.40 Å². The fourth-order valence-corrected chi connectivity index (χ4v) is 2.48. The van der Waals surface area contributed by atoms with E-state index in [1.54, 1.807) is 0 Å². The Morgan fingerprint density at radius 3 is 3.20 bits per heavy atom. The van der Waals surface area contributed by atoms with Crippen LogP contribution in [0.25, 0.3) is 5.52 Å². The Hall–Kier alpha value is -1.75. The van der Waals surface area contributed by atoms with Gasteiger partial charge in [-0.05, 0) is 43.0 Å². The first-order valence-corrected chi connectivity index (χ1v) is 5.36. The van der Waals surface area contributed by atoms with Crippen LogP contribution < -0.4 is 0 Å². The first kappa shape index (κ1) is 8.55. The lowest BCUT2D eigenvalue weighted by atomic mass is 9.89. The second-order valence-electron chi connectivity index (χ2n) is 4.18. The first-order valence-electron chi connectivity index (χ1n) is 5.36. The lowest BCUT2D eigenvalue weighted by Gasteiger charge is -2.16. The van der Waals surface area contributed by atoms with Crippen LogP contribution >= 0.6 is 0 Å². The number of hydrogen-bond donors (Lipinski definition) is 0. The van der Waals surface area contributed by atoms with Crippen LogP contribution in [0.15, 0.2) is 30.5 Å². The summed E-state index contributed by atoms with van der Waals surface area (Å²) in [5.41, 5.74) is 4.01. The Balaban J connectivity index is 2.17. The standard InChI is InChI=1S/C13H12N2/c14-9-10-4-5-13-11(7-10)8-12-3-1-2-6-15(12)13/h1-3,6,8,10H,4-5,7H2. The van der Waals surface area contributed by atoms with Crippen LogP contribution in [0.3, 0.4) is 0 Å². The van der Waals surface area contributed by atoms with Gasteiger partial charge in [-0.2, -0.15) is 5.26 Å². The maximum Gasteiger partial charge on any atom is 0.0659 e. The van der Waals surface area contributed by atoms with Crippen molar-refractivity contribution in [2.45, 2.75) is 19.3 Å². The molecule has 0 radical (unpaired) electrons. The van der Waals surface area contributed by atoms with Gasteiger partial charge in [0, 0.05) is 17.4 Å². The summed E-state index contributed by atoms with van der Waals surface area (Å²) in [7, 11) is 0. The van der Waals surface area contributed by atoms with E-state index in [0.29, 0.717) is 0 Å². The normalized spacial score (nSPS) is 19.8. The minimum atomic E-state index is 0.218. The van der Waals surface area contributed by atoms with E-state index in [2.05, 4.69) is 40.9 Å². The molecule has 0 amide bonds. The molecule has 0 saturated heterocycles. The van der Waals surface area contributed by atoms with Crippen LogP contribution in [0.2, 0.25) is 0 Å². The lowest BCUT2D eigenvalue weighted by Crippen LogP contribution is -2.12. The summed E-state index contributed by atoms with van der Waals surface area (Å²) in [4.78, 5) is 0. The van der Waals surface area contributed by atoms with Crippen molar-refractivity contribution in [3.8, 4) is 6.07 Å². The first-order chi connectivity index (χ1) is 7.38. The highest BCUT2D eigenvalue weighted by molar-refractivity contribution is 5.54. The average Bonchev–Trinajstić information content (AvgIpc) is 2.66. The quantitative estimate of drug-likeness (QED) is 0.636. The molecule has 2 nitrogen and oxygen atoms in total. The molecule has 2 aromatic heterocycles. The highest BCUT2D eigenvalue weighted by Gasteiger charge is 2.20. The van der Waals surface area contributed by atoms with Crippen molar-refractivity contribution < 1.29 is 0 Å². The molecule has 74 valence electrons. The number of aromatic nitrogens is 1. The number of hydrogen-bond acceptors (Lipinski definition) is 1. The molecule has 1 aliphatic rings. The highest BCUT2D eigenvalue weighted by atomic mass is 14.9. The zero-order chi connectivity index (χ0) is 10.3. The van der Waals surface area contributed by atoms with Gasteiger partial charge in [-0.1, -0.05) is 6.07 Å². The van der Waals surface area contributed by atoms with Crippen molar-refractivity contribution in [2.24, 2.45) is 5.92 Å². The van der Waals surface area contributed by atoms with Gasteiger partial charge in [0.2, 0.25) is 0 Å². The molecule has 1 atom stereocenters. The largest absolute Gasteiger partial charge is 0.321 e. The molecule has 0 N–H and O–H groups in total. The zero-order valence-electron chi connectivity index (χ0n) is 8.48. The van der Waals surface area contributed by atoms with Gasteiger partial charge in [-0.3, -0.25) is 0 Å². The second kappa shape index (κ2) is 3.13. The Morgan fingerprint density at radius 2 is 2.33 bits per heavy atom. The van der Waals surface area contributed by atoms with Gasteiger partial charge in [-0.25, -0.2) is 0 Å². The van der Waals surface area contributed by atoms with Crippen LogP contribution in [0.5, 0.6) is 0 Å². The van der Waals surface area contributed by atoms with Gasteiger partial charge >= 0.3 is 0 Å². The molecule has 0 fully saturated rings. The molecule has 1 unspecified atom stereocenters. The average molecular weight is 196 g/mol. The molecule has 2 heteroatoms. The van der Waals surface area contributed by atoms with Gasteiger partial charge in [-0.15, -0.1) is 0 Å². The van der Waals surface area contributed by atoms with Crippen molar-refractivity contribution in [3.63, 3.8) is 0 Å². The Kier molecular flexibility index (Phi) is 1.78. The van der Waals surface area contributed by atoms with Crippen LogP contribution in [-0.2, 0) is 12.8 Å². The fourth-order valence-electron chi connectivity index (χ4n) is 2.48. The third-order valence-electron chi connectivity index (χ3n) is 3.25. The number of aryl methyl sites for hydroxylation is 1. The summed E-state index contributed by atoms with van der Waals surface area (Å²) in [5.74, 6) is 0.218. The van der Waals surface area contributed by atoms with Crippen molar-refractivity contribution in [2.75, 3.05) is 0 Å². The molecular weight excluding hydrogens is 184 g/mol. The topological polar surface area (TPSA) is 28.2 Å². The zero-order valence-corrected chi connectivity index (χ0v) is 8.48. The van der Waals surface area contributed by atoms with E-state index in [-0.39, 0.29) is 5.92 Å². The molecule has 2 heterocycles. The van der Waals surface area contributed by atoms with E-state index in [1.807, 2.05) is 0 Å². The van der Waals surface area contributed by atoms with Gasteiger partial charge in [0.25, 0.3) is 0 Å². The molecule has 2 aromatic rings. The molecule has 3 rings (SSSR count). The van der Waals surface area contributed by atoms with E-state index in [9.17, 15) is 0 Å². The van der Waals surface area contributed by atoms with E-state index >= 15 is 0 Å². The predicted octanol–water partition coefficient (Wildman–Crippen LogP) is 2.57. The third-order valence-corrected chi connectivity index (χ3v) is 3.25. The van der Waals surface area contributed by atoms with Gasteiger partial charge in [0.15, 0.2) is 0 Å². The van der Waals surface area contributed by atoms with E-state index in [4.69, 9.17) is 5.26 Å². The number of fused-ring (bicyclic) bond motifs is 3. The molecule has 1 aliphatic carbocycles. The highest BCUT2D eigenvalue weighted by Crippen LogP contribution is 2.27. The monoisotopic (exact) mass is 196 g/mol. The van der Waals surface area contributed by atoms with Crippen molar-refractivity contribution in [1.29, 1.82) is 5.26 Å². The van der Waals surface area contributed by atoms with Crippen LogP contribution in [0.4, 0.5) is 0 Å². The second-order valence-corrected chi connectivity index (χ2v) is 4.18. The SMILES string of the molecule is N#CC1CCc2c(cc3ccccn23)C1. The van der Waals surface area contributed by atoms with Crippen molar-refractivity contribution >= 4 is 5.52 Å².